The molecule has 0 aromatic rings. The predicted molar refractivity (Wildman–Crippen MR) is 37.9 cm³/mol. The van der Waals surface area contributed by atoms with Crippen LogP contribution in [0, 0.1) is 0 Å². The highest BCUT2D eigenvalue weighted by atomic mass is 16.6. The Morgan fingerprint density at radius 3 is 2.54 bits per heavy atom. The Morgan fingerprint density at radius 1 is 1.46 bits per heavy atom. The summed E-state index contributed by atoms with van der Waals surface area (Å²) in [6.45, 7) is 0. The van der Waals surface area contributed by atoms with Gasteiger partial charge in [0.15, 0.2) is 0 Å². The van der Waals surface area contributed by atoms with Crippen molar-refractivity contribution < 1.29 is 29.3 Å². The Labute approximate surface area is 72.4 Å². The third-order valence-electron chi connectivity index (χ3n) is 1.51. The number of hydrogen-bond donors (Lipinski definition) is 2. The quantitative estimate of drug-likeness (QED) is 0.558. The maximum absolute atomic E-state index is 10.7. The second kappa shape index (κ2) is 3.26. The number of carbonyl (C=O) groups excluding carboxylic acids is 1. The highest BCUT2D eigenvalue weighted by Gasteiger charge is 2.30. The first-order chi connectivity index (χ1) is 6.00. The molecule has 1 atom stereocenters. The molecule has 1 heterocycles. The summed E-state index contributed by atoms with van der Waals surface area (Å²) in [6, 6.07) is 0. The molecule has 0 amide bonds. The van der Waals surface area contributed by atoms with Crippen LogP contribution in [0.5, 0.6) is 0 Å². The SMILES string of the molecule is O=C1C=C(C(=O)O)CC(C(=O)O)O1. The molecule has 0 radical (unpaired) electrons. The summed E-state index contributed by atoms with van der Waals surface area (Å²) in [5, 5.41) is 16.9. The first-order valence-corrected chi connectivity index (χ1v) is 3.38. The van der Waals surface area contributed by atoms with E-state index in [1.54, 1.807) is 0 Å². The minimum Gasteiger partial charge on any atom is -0.478 e. The monoisotopic (exact) mass is 186 g/mol. The molecule has 0 aliphatic carbocycles. The summed E-state index contributed by atoms with van der Waals surface area (Å²) in [5.74, 6) is -3.58. The standard InChI is InChI=1S/C7H6O6/c8-5-2-3(6(9)10)1-4(13-5)7(11)12/h2,4H,1H2,(H,9,10)(H,11,12). The number of rotatable bonds is 2. The average Bonchev–Trinajstić information content (AvgIpc) is 2.03. The molecule has 70 valence electrons. The van der Waals surface area contributed by atoms with E-state index in [2.05, 4.69) is 4.74 Å². The van der Waals surface area contributed by atoms with Gasteiger partial charge in [-0.15, -0.1) is 0 Å². The van der Waals surface area contributed by atoms with Crippen LogP contribution < -0.4 is 0 Å². The Morgan fingerprint density at radius 2 is 2.08 bits per heavy atom. The second-order valence-electron chi connectivity index (χ2n) is 2.44. The van der Waals surface area contributed by atoms with E-state index >= 15 is 0 Å². The van der Waals surface area contributed by atoms with Crippen molar-refractivity contribution in [2.45, 2.75) is 12.5 Å². The molecule has 0 saturated heterocycles. The molecule has 6 nitrogen and oxygen atoms in total. The van der Waals surface area contributed by atoms with E-state index in [1.807, 2.05) is 0 Å². The number of ether oxygens (including phenoxy) is 1. The van der Waals surface area contributed by atoms with Crippen LogP contribution in [-0.4, -0.2) is 34.2 Å². The van der Waals surface area contributed by atoms with Gasteiger partial charge in [0, 0.05) is 18.1 Å². The Hall–Kier alpha value is -1.85. The van der Waals surface area contributed by atoms with Crippen LogP contribution in [0.4, 0.5) is 0 Å². The molecule has 1 unspecified atom stereocenters. The van der Waals surface area contributed by atoms with E-state index in [9.17, 15) is 14.4 Å². The number of cyclic esters (lactones) is 1. The van der Waals surface area contributed by atoms with Crippen molar-refractivity contribution in [3.05, 3.63) is 11.6 Å². The molecule has 0 bridgehead atoms. The molecule has 0 aromatic heterocycles. The first-order valence-electron chi connectivity index (χ1n) is 3.38. The zero-order valence-corrected chi connectivity index (χ0v) is 6.39. The van der Waals surface area contributed by atoms with Gasteiger partial charge in [-0.2, -0.15) is 0 Å². The van der Waals surface area contributed by atoms with Gasteiger partial charge in [-0.1, -0.05) is 0 Å². The highest BCUT2D eigenvalue weighted by molar-refractivity contribution is 5.98. The lowest BCUT2D eigenvalue weighted by Gasteiger charge is -2.16. The average molecular weight is 186 g/mol. The topological polar surface area (TPSA) is 101 Å². The third kappa shape index (κ3) is 2.05. The molecule has 1 rings (SSSR count). The van der Waals surface area contributed by atoms with Crippen molar-refractivity contribution >= 4 is 17.9 Å². The molecule has 0 spiro atoms. The maximum atomic E-state index is 10.7. The van der Waals surface area contributed by atoms with E-state index in [4.69, 9.17) is 10.2 Å². The fourth-order valence-corrected chi connectivity index (χ4v) is 0.904. The second-order valence-corrected chi connectivity index (χ2v) is 2.44. The largest absolute Gasteiger partial charge is 0.478 e. The maximum Gasteiger partial charge on any atom is 0.345 e. The van der Waals surface area contributed by atoms with Crippen LogP contribution in [-0.2, 0) is 19.1 Å². The van der Waals surface area contributed by atoms with Crippen LogP contribution >= 0.6 is 0 Å². The van der Waals surface area contributed by atoms with Crippen molar-refractivity contribution in [3.63, 3.8) is 0 Å². The number of hydrogen-bond acceptors (Lipinski definition) is 4. The summed E-state index contributed by atoms with van der Waals surface area (Å²) >= 11 is 0. The van der Waals surface area contributed by atoms with Crippen LogP contribution in [0.25, 0.3) is 0 Å². The summed E-state index contributed by atoms with van der Waals surface area (Å²) in [4.78, 5) is 31.4. The number of carboxylic acids is 2. The van der Waals surface area contributed by atoms with Gasteiger partial charge in [0.25, 0.3) is 0 Å². The molecule has 0 saturated carbocycles. The summed E-state index contributed by atoms with van der Waals surface area (Å²) in [7, 11) is 0. The Balaban J connectivity index is 2.85. The molecule has 0 fully saturated rings. The number of carboxylic acid groups (broad SMARTS) is 2. The van der Waals surface area contributed by atoms with Crippen molar-refractivity contribution in [3.8, 4) is 0 Å². The predicted octanol–water partition coefficient (Wildman–Crippen LogP) is -0.603. The van der Waals surface area contributed by atoms with Gasteiger partial charge in [-0.25, -0.2) is 14.4 Å². The molecule has 1 aliphatic rings. The van der Waals surface area contributed by atoms with Crippen LogP contribution in [0.2, 0.25) is 0 Å². The van der Waals surface area contributed by atoms with E-state index in [1.165, 1.54) is 0 Å². The van der Waals surface area contributed by atoms with Crippen molar-refractivity contribution in [1.29, 1.82) is 0 Å². The zero-order chi connectivity index (χ0) is 10.0. The molecular weight excluding hydrogens is 180 g/mol. The lowest BCUT2D eigenvalue weighted by Crippen LogP contribution is -2.31. The molecular formula is C7H6O6. The van der Waals surface area contributed by atoms with E-state index < -0.39 is 24.0 Å². The van der Waals surface area contributed by atoms with E-state index in [0.717, 1.165) is 6.08 Å². The minimum absolute atomic E-state index is 0.247. The lowest BCUT2D eigenvalue weighted by molar-refractivity contribution is -0.162. The number of carbonyl (C=O) groups is 3. The normalized spacial score (nSPS) is 21.7. The third-order valence-corrected chi connectivity index (χ3v) is 1.51. The summed E-state index contributed by atoms with van der Waals surface area (Å²) in [5.41, 5.74) is -0.247. The Kier molecular flexibility index (Phi) is 2.32. The van der Waals surface area contributed by atoms with Crippen LogP contribution in [0.15, 0.2) is 11.6 Å². The molecule has 2 N–H and O–H groups in total. The molecule has 0 aromatic carbocycles. The molecule has 13 heavy (non-hydrogen) atoms. The van der Waals surface area contributed by atoms with E-state index in [0.29, 0.717) is 0 Å². The molecule has 1 aliphatic heterocycles. The lowest BCUT2D eigenvalue weighted by atomic mass is 10.1. The number of aliphatic carboxylic acids is 2. The van der Waals surface area contributed by atoms with E-state index in [-0.39, 0.29) is 12.0 Å². The van der Waals surface area contributed by atoms with Crippen molar-refractivity contribution in [1.82, 2.24) is 0 Å². The smallest absolute Gasteiger partial charge is 0.345 e. The van der Waals surface area contributed by atoms with Gasteiger partial charge in [0.2, 0.25) is 6.10 Å². The van der Waals surface area contributed by atoms with Crippen LogP contribution in [0.3, 0.4) is 0 Å². The fraction of sp³-hybridized carbons (Fsp3) is 0.286. The van der Waals surface area contributed by atoms with Gasteiger partial charge >= 0.3 is 17.9 Å². The van der Waals surface area contributed by atoms with Crippen molar-refractivity contribution in [2.75, 3.05) is 0 Å². The molecule has 6 heteroatoms. The number of esters is 1. The van der Waals surface area contributed by atoms with Crippen molar-refractivity contribution in [2.24, 2.45) is 0 Å². The van der Waals surface area contributed by atoms with Crippen LogP contribution in [0.1, 0.15) is 6.42 Å². The zero-order valence-electron chi connectivity index (χ0n) is 6.39. The van der Waals surface area contributed by atoms with Gasteiger partial charge < -0.3 is 14.9 Å². The van der Waals surface area contributed by atoms with Gasteiger partial charge in [-0.3, -0.25) is 0 Å². The van der Waals surface area contributed by atoms with Gasteiger partial charge in [0.1, 0.15) is 0 Å². The highest BCUT2D eigenvalue weighted by Crippen LogP contribution is 2.15. The Bertz CT molecular complexity index is 302. The summed E-state index contributed by atoms with van der Waals surface area (Å²) in [6.07, 6.45) is -0.901. The minimum atomic E-state index is -1.39. The van der Waals surface area contributed by atoms with Gasteiger partial charge in [0.05, 0.1) is 0 Å². The summed E-state index contributed by atoms with van der Waals surface area (Å²) < 4.78 is 4.35. The van der Waals surface area contributed by atoms with Gasteiger partial charge in [-0.05, 0) is 0 Å². The fourth-order valence-electron chi connectivity index (χ4n) is 0.904. The first kappa shape index (κ1) is 9.24.